The molecule has 0 aliphatic heterocycles. The van der Waals surface area contributed by atoms with E-state index >= 15 is 0 Å². The van der Waals surface area contributed by atoms with E-state index in [0.717, 1.165) is 41.7 Å². The molecule has 0 radical (unpaired) electrons. The van der Waals surface area contributed by atoms with Crippen LogP contribution < -0.4 is 5.32 Å². The maximum Gasteiger partial charge on any atom is 0.331 e. The van der Waals surface area contributed by atoms with Gasteiger partial charge in [0.25, 0.3) is 5.89 Å². The summed E-state index contributed by atoms with van der Waals surface area (Å²) in [5, 5.41) is 28.2. The molecule has 9 heteroatoms. The Bertz CT molecular complexity index is 1010. The number of carboxylic acid groups (broad SMARTS) is 1. The summed E-state index contributed by atoms with van der Waals surface area (Å²) in [6, 6.07) is 0. The largest absolute Gasteiger partial charge is 0.478 e. The first-order chi connectivity index (χ1) is 14.5. The monoisotopic (exact) mass is 433 g/mol. The number of anilines is 1. The fraction of sp³-hybridized carbons (Fsp3) is 0.571. The summed E-state index contributed by atoms with van der Waals surface area (Å²) >= 11 is 1.39. The topological polar surface area (TPSA) is 108 Å². The van der Waals surface area contributed by atoms with Crippen molar-refractivity contribution in [2.45, 2.75) is 76.1 Å². The predicted octanol–water partition coefficient (Wildman–Crippen LogP) is 4.19. The van der Waals surface area contributed by atoms with Crippen molar-refractivity contribution < 1.29 is 23.9 Å². The van der Waals surface area contributed by atoms with E-state index in [9.17, 15) is 19.4 Å². The Balaban J connectivity index is 1.51. The summed E-state index contributed by atoms with van der Waals surface area (Å²) < 4.78 is 19.6. The van der Waals surface area contributed by atoms with Gasteiger partial charge in [-0.3, -0.25) is 0 Å². The van der Waals surface area contributed by atoms with Gasteiger partial charge in [0.2, 0.25) is 0 Å². The number of hydrogen-bond acceptors (Lipinski definition) is 7. The van der Waals surface area contributed by atoms with E-state index in [1.165, 1.54) is 11.3 Å². The molecule has 30 heavy (non-hydrogen) atoms. The van der Waals surface area contributed by atoms with Gasteiger partial charge in [-0.25, -0.2) is 9.18 Å². The predicted molar refractivity (Wildman–Crippen MR) is 109 cm³/mol. The number of aliphatic hydroxyl groups is 1. The fourth-order valence-corrected chi connectivity index (χ4v) is 5.72. The van der Waals surface area contributed by atoms with Crippen LogP contribution in [0.15, 0.2) is 15.7 Å². The van der Waals surface area contributed by atoms with E-state index in [2.05, 4.69) is 15.5 Å². The van der Waals surface area contributed by atoms with Crippen molar-refractivity contribution in [3.8, 4) is 11.5 Å². The SMILES string of the molecule is O=C(O)C1=C(C(O)Nc2sc3c(c2-c2nc(C4CC4)no2)CC[C@@H](F)C3)CCCC1. The highest BCUT2D eigenvalue weighted by Crippen LogP contribution is 2.46. The third-order valence-corrected chi connectivity index (χ3v) is 7.36. The molecule has 2 heterocycles. The van der Waals surface area contributed by atoms with Gasteiger partial charge in [-0.15, -0.1) is 11.3 Å². The van der Waals surface area contributed by atoms with Crippen molar-refractivity contribution in [2.24, 2.45) is 0 Å². The van der Waals surface area contributed by atoms with Crippen LogP contribution >= 0.6 is 11.3 Å². The molecule has 2 aromatic rings. The van der Waals surface area contributed by atoms with Crippen molar-refractivity contribution in [2.75, 3.05) is 5.32 Å². The number of hydrogen-bond donors (Lipinski definition) is 3. The van der Waals surface area contributed by atoms with Gasteiger partial charge in [0.05, 0.1) is 5.56 Å². The molecular formula is C21H24FN3O4S. The number of nitrogens with one attached hydrogen (secondary N) is 1. The van der Waals surface area contributed by atoms with Gasteiger partial charge in [-0.05, 0) is 62.5 Å². The second-order valence-electron chi connectivity index (χ2n) is 8.34. The van der Waals surface area contributed by atoms with Crippen molar-refractivity contribution in [1.82, 2.24) is 10.1 Å². The molecule has 2 atom stereocenters. The molecule has 1 saturated carbocycles. The van der Waals surface area contributed by atoms with Crippen LogP contribution in [0, 0.1) is 0 Å². The minimum absolute atomic E-state index is 0.279. The molecule has 0 spiro atoms. The molecule has 160 valence electrons. The zero-order valence-corrected chi connectivity index (χ0v) is 17.3. The van der Waals surface area contributed by atoms with E-state index in [-0.39, 0.29) is 5.57 Å². The van der Waals surface area contributed by atoms with E-state index in [1.807, 2.05) is 0 Å². The standard InChI is InChI=1S/C21H24FN3O4S/c22-11-7-8-14-15(9-11)30-20(16(14)19-23-17(25-29-19)10-5-6-10)24-18(26)12-3-1-2-4-13(12)21(27)28/h10-11,18,24,26H,1-9H2,(H,27,28)/t11-,18?/m1/s1. The first kappa shape index (κ1) is 19.7. The second kappa shape index (κ2) is 7.77. The number of aliphatic carboxylic acids is 1. The van der Waals surface area contributed by atoms with Gasteiger partial charge in [0, 0.05) is 22.8 Å². The maximum atomic E-state index is 14.0. The van der Waals surface area contributed by atoms with Crippen LogP contribution in [-0.4, -0.2) is 38.7 Å². The molecule has 3 aliphatic carbocycles. The smallest absolute Gasteiger partial charge is 0.331 e. The molecular weight excluding hydrogens is 409 g/mol. The lowest BCUT2D eigenvalue weighted by Crippen LogP contribution is -2.26. The summed E-state index contributed by atoms with van der Waals surface area (Å²) in [4.78, 5) is 17.1. The molecule has 3 N–H and O–H groups in total. The van der Waals surface area contributed by atoms with Gasteiger partial charge >= 0.3 is 5.97 Å². The van der Waals surface area contributed by atoms with Gasteiger partial charge in [0.15, 0.2) is 5.82 Å². The van der Waals surface area contributed by atoms with Gasteiger partial charge in [0.1, 0.15) is 17.4 Å². The molecule has 0 amide bonds. The number of rotatable bonds is 6. The molecule has 1 fully saturated rings. The minimum atomic E-state index is -1.12. The minimum Gasteiger partial charge on any atom is -0.478 e. The molecule has 7 nitrogen and oxygen atoms in total. The third kappa shape index (κ3) is 3.65. The average Bonchev–Trinajstić information content (AvgIpc) is 3.36. The highest BCUT2D eigenvalue weighted by atomic mass is 32.1. The summed E-state index contributed by atoms with van der Waals surface area (Å²) in [7, 11) is 0. The number of aliphatic hydroxyl groups excluding tert-OH is 1. The molecule has 0 aromatic carbocycles. The quantitative estimate of drug-likeness (QED) is 0.586. The van der Waals surface area contributed by atoms with Crippen molar-refractivity contribution in [3.05, 3.63) is 27.4 Å². The molecule has 3 aliphatic rings. The number of aromatic nitrogens is 2. The Morgan fingerprint density at radius 3 is 2.80 bits per heavy atom. The third-order valence-electron chi connectivity index (χ3n) is 6.17. The van der Waals surface area contributed by atoms with Crippen LogP contribution in [-0.2, 0) is 17.6 Å². The number of thiophene rings is 1. The lowest BCUT2D eigenvalue weighted by atomic mass is 9.90. The Labute approximate surface area is 177 Å². The van der Waals surface area contributed by atoms with Gasteiger partial charge < -0.3 is 20.1 Å². The van der Waals surface area contributed by atoms with E-state index in [1.54, 1.807) is 0 Å². The first-order valence-electron chi connectivity index (χ1n) is 10.5. The Kier molecular flexibility index (Phi) is 5.10. The van der Waals surface area contributed by atoms with Crippen molar-refractivity contribution >= 4 is 22.3 Å². The first-order valence-corrected chi connectivity index (χ1v) is 11.3. The number of alkyl halides is 1. The fourth-order valence-electron chi connectivity index (χ4n) is 4.40. The highest BCUT2D eigenvalue weighted by molar-refractivity contribution is 7.17. The molecule has 5 rings (SSSR count). The van der Waals surface area contributed by atoms with Crippen molar-refractivity contribution in [3.63, 3.8) is 0 Å². The Morgan fingerprint density at radius 1 is 1.23 bits per heavy atom. The lowest BCUT2D eigenvalue weighted by Gasteiger charge is -2.23. The summed E-state index contributed by atoms with van der Waals surface area (Å²) in [5.74, 6) is 0.443. The van der Waals surface area contributed by atoms with Gasteiger partial charge in [-0.2, -0.15) is 4.98 Å². The normalized spacial score (nSPS) is 22.7. The number of carbonyl (C=O) groups is 1. The lowest BCUT2D eigenvalue weighted by molar-refractivity contribution is -0.133. The van der Waals surface area contributed by atoms with Crippen LogP contribution in [0.3, 0.4) is 0 Å². The van der Waals surface area contributed by atoms with Crippen LogP contribution in [0.2, 0.25) is 0 Å². The van der Waals surface area contributed by atoms with Crippen LogP contribution in [0.25, 0.3) is 11.5 Å². The Morgan fingerprint density at radius 2 is 2.03 bits per heavy atom. The maximum absolute atomic E-state index is 14.0. The van der Waals surface area contributed by atoms with E-state index < -0.39 is 18.4 Å². The van der Waals surface area contributed by atoms with E-state index in [0.29, 0.717) is 60.3 Å². The summed E-state index contributed by atoms with van der Waals surface area (Å²) in [5.41, 5.74) is 2.51. The molecule has 1 unspecified atom stereocenters. The number of nitrogens with zero attached hydrogens (tertiary/aromatic N) is 2. The van der Waals surface area contributed by atoms with E-state index in [4.69, 9.17) is 4.52 Å². The molecule has 0 bridgehead atoms. The van der Waals surface area contributed by atoms with Crippen LogP contribution in [0.1, 0.15) is 67.1 Å². The average molecular weight is 434 g/mol. The zero-order valence-electron chi connectivity index (χ0n) is 16.5. The van der Waals surface area contributed by atoms with Crippen LogP contribution in [0.4, 0.5) is 9.39 Å². The molecule has 0 saturated heterocycles. The highest BCUT2D eigenvalue weighted by Gasteiger charge is 2.33. The van der Waals surface area contributed by atoms with Gasteiger partial charge in [-0.1, -0.05) is 5.16 Å². The second-order valence-corrected chi connectivity index (χ2v) is 9.45. The summed E-state index contributed by atoms with van der Waals surface area (Å²) in [6.45, 7) is 0. The zero-order chi connectivity index (χ0) is 20.8. The molecule has 2 aromatic heterocycles. The summed E-state index contributed by atoms with van der Waals surface area (Å²) in [6.07, 6.45) is 4.09. The number of fused-ring (bicyclic) bond motifs is 1. The van der Waals surface area contributed by atoms with Crippen molar-refractivity contribution in [1.29, 1.82) is 0 Å². The number of carboxylic acids is 1. The number of halogens is 1. The van der Waals surface area contributed by atoms with Crippen LogP contribution in [0.5, 0.6) is 0 Å². The Hall–Kier alpha value is -2.26.